The number of thiophene rings is 1. The van der Waals surface area contributed by atoms with Gasteiger partial charge in [0.2, 0.25) is 0 Å². The highest BCUT2D eigenvalue weighted by atomic mass is 32.1. The highest BCUT2D eigenvalue weighted by Crippen LogP contribution is 2.31. The van der Waals surface area contributed by atoms with Crippen molar-refractivity contribution < 1.29 is 9.84 Å². The molecule has 2 aromatic rings. The summed E-state index contributed by atoms with van der Waals surface area (Å²) in [4.78, 5) is 0. The second kappa shape index (κ2) is 4.41. The monoisotopic (exact) mass is 248 g/mol. The molecule has 1 aromatic carbocycles. The summed E-state index contributed by atoms with van der Waals surface area (Å²) in [7, 11) is 0. The van der Waals surface area contributed by atoms with Crippen LogP contribution in [0.15, 0.2) is 29.6 Å². The third-order valence-electron chi connectivity index (χ3n) is 3.38. The largest absolute Gasteiger partial charge is 0.387 e. The lowest BCUT2D eigenvalue weighted by molar-refractivity contribution is -0.0842. The molecule has 0 aliphatic carbocycles. The lowest BCUT2D eigenvalue weighted by Gasteiger charge is -2.31. The fraction of sp³-hybridized carbons (Fsp3) is 0.429. The number of hydrogen-bond acceptors (Lipinski definition) is 3. The van der Waals surface area contributed by atoms with Gasteiger partial charge in [-0.05, 0) is 35.2 Å². The maximum absolute atomic E-state index is 10.5. The van der Waals surface area contributed by atoms with Gasteiger partial charge in [0.15, 0.2) is 0 Å². The van der Waals surface area contributed by atoms with Crippen LogP contribution in [0.5, 0.6) is 0 Å². The van der Waals surface area contributed by atoms with E-state index in [1.807, 2.05) is 0 Å². The van der Waals surface area contributed by atoms with Crippen molar-refractivity contribution in [2.24, 2.45) is 0 Å². The molecule has 1 aromatic heterocycles. The van der Waals surface area contributed by atoms with Crippen molar-refractivity contribution in [3.63, 3.8) is 0 Å². The standard InChI is InChI=1S/C14H16O2S/c15-14(6-3-7-16-10-14)8-11-9-17-13-5-2-1-4-12(11)13/h1-2,4-5,9,15H,3,6-8,10H2. The summed E-state index contributed by atoms with van der Waals surface area (Å²) >= 11 is 1.75. The van der Waals surface area contributed by atoms with Gasteiger partial charge in [-0.3, -0.25) is 0 Å². The van der Waals surface area contributed by atoms with Gasteiger partial charge in [-0.2, -0.15) is 0 Å². The predicted octanol–water partition coefficient (Wildman–Crippen LogP) is 2.99. The first-order valence-corrected chi connectivity index (χ1v) is 6.90. The van der Waals surface area contributed by atoms with Crippen LogP contribution < -0.4 is 0 Å². The van der Waals surface area contributed by atoms with E-state index in [9.17, 15) is 5.11 Å². The Hall–Kier alpha value is -0.900. The molecule has 2 nitrogen and oxygen atoms in total. The van der Waals surface area contributed by atoms with E-state index in [1.165, 1.54) is 15.6 Å². The van der Waals surface area contributed by atoms with Gasteiger partial charge in [0.1, 0.15) is 0 Å². The first-order valence-electron chi connectivity index (χ1n) is 6.02. The average Bonchev–Trinajstić information content (AvgIpc) is 2.73. The lowest BCUT2D eigenvalue weighted by Crippen LogP contribution is -2.40. The van der Waals surface area contributed by atoms with Crippen molar-refractivity contribution in [3.05, 3.63) is 35.2 Å². The smallest absolute Gasteiger partial charge is 0.0921 e. The molecule has 1 saturated heterocycles. The Morgan fingerprint density at radius 3 is 3.06 bits per heavy atom. The summed E-state index contributed by atoms with van der Waals surface area (Å²) in [6.45, 7) is 1.25. The Kier molecular flexibility index (Phi) is 2.90. The highest BCUT2D eigenvalue weighted by Gasteiger charge is 2.30. The average molecular weight is 248 g/mol. The minimum Gasteiger partial charge on any atom is -0.387 e. The van der Waals surface area contributed by atoms with Crippen molar-refractivity contribution >= 4 is 21.4 Å². The number of fused-ring (bicyclic) bond motifs is 1. The number of benzene rings is 1. The second-order valence-corrected chi connectivity index (χ2v) is 5.73. The molecular formula is C14H16O2S. The summed E-state index contributed by atoms with van der Waals surface area (Å²) in [5, 5.41) is 13.9. The highest BCUT2D eigenvalue weighted by molar-refractivity contribution is 7.17. The summed E-state index contributed by atoms with van der Waals surface area (Å²) in [6.07, 6.45) is 2.51. The zero-order chi connectivity index (χ0) is 11.7. The van der Waals surface area contributed by atoms with Gasteiger partial charge in [0.05, 0.1) is 12.2 Å². The van der Waals surface area contributed by atoms with Gasteiger partial charge in [-0.25, -0.2) is 0 Å². The topological polar surface area (TPSA) is 29.5 Å². The lowest BCUT2D eigenvalue weighted by atomic mass is 9.89. The molecule has 1 unspecified atom stereocenters. The molecule has 1 atom stereocenters. The zero-order valence-corrected chi connectivity index (χ0v) is 10.5. The summed E-state index contributed by atoms with van der Waals surface area (Å²) < 4.78 is 6.69. The van der Waals surface area contributed by atoms with Crippen molar-refractivity contribution in [2.75, 3.05) is 13.2 Å². The van der Waals surface area contributed by atoms with E-state index in [4.69, 9.17) is 4.74 Å². The van der Waals surface area contributed by atoms with Crippen molar-refractivity contribution in [3.8, 4) is 0 Å². The molecule has 3 rings (SSSR count). The van der Waals surface area contributed by atoms with Crippen LogP contribution in [-0.2, 0) is 11.2 Å². The minimum atomic E-state index is -0.665. The molecule has 0 amide bonds. The van der Waals surface area contributed by atoms with Gasteiger partial charge < -0.3 is 9.84 Å². The number of rotatable bonds is 2. The van der Waals surface area contributed by atoms with Gasteiger partial charge in [-0.15, -0.1) is 11.3 Å². The first-order chi connectivity index (χ1) is 8.27. The maximum Gasteiger partial charge on any atom is 0.0921 e. The van der Waals surface area contributed by atoms with Crippen LogP contribution in [0, 0.1) is 0 Å². The van der Waals surface area contributed by atoms with Gasteiger partial charge in [0, 0.05) is 17.7 Å². The van der Waals surface area contributed by atoms with Crippen LogP contribution in [0.1, 0.15) is 18.4 Å². The molecule has 1 aliphatic rings. The van der Waals surface area contributed by atoms with Crippen LogP contribution in [0.4, 0.5) is 0 Å². The Balaban J connectivity index is 1.89. The van der Waals surface area contributed by atoms with E-state index >= 15 is 0 Å². The predicted molar refractivity (Wildman–Crippen MR) is 70.5 cm³/mol. The molecule has 0 radical (unpaired) electrons. The first kappa shape index (κ1) is 11.2. The van der Waals surface area contributed by atoms with Crippen molar-refractivity contribution in [2.45, 2.75) is 24.9 Å². The SMILES string of the molecule is OC1(Cc2csc3ccccc23)CCCOC1. The maximum atomic E-state index is 10.5. The molecule has 1 N–H and O–H groups in total. The van der Waals surface area contributed by atoms with E-state index in [-0.39, 0.29) is 0 Å². The van der Waals surface area contributed by atoms with E-state index in [0.717, 1.165) is 19.4 Å². The van der Waals surface area contributed by atoms with Gasteiger partial charge in [-0.1, -0.05) is 18.2 Å². The summed E-state index contributed by atoms with van der Waals surface area (Å²) in [5.74, 6) is 0. The molecule has 3 heteroatoms. The van der Waals surface area contributed by atoms with Crippen LogP contribution >= 0.6 is 11.3 Å². The van der Waals surface area contributed by atoms with E-state index in [1.54, 1.807) is 11.3 Å². The fourth-order valence-corrected chi connectivity index (χ4v) is 3.46. The van der Waals surface area contributed by atoms with E-state index in [0.29, 0.717) is 13.0 Å². The third kappa shape index (κ3) is 2.23. The molecule has 1 aliphatic heterocycles. The van der Waals surface area contributed by atoms with Gasteiger partial charge in [0.25, 0.3) is 0 Å². The quantitative estimate of drug-likeness (QED) is 0.885. The van der Waals surface area contributed by atoms with Gasteiger partial charge >= 0.3 is 0 Å². The molecule has 0 saturated carbocycles. The number of hydrogen-bond donors (Lipinski definition) is 1. The number of ether oxygens (including phenoxy) is 1. The summed E-state index contributed by atoms with van der Waals surface area (Å²) in [6, 6.07) is 8.38. The Bertz CT molecular complexity index is 512. The molecule has 0 bridgehead atoms. The van der Waals surface area contributed by atoms with Crippen LogP contribution in [-0.4, -0.2) is 23.9 Å². The zero-order valence-electron chi connectivity index (χ0n) is 9.69. The van der Waals surface area contributed by atoms with E-state index < -0.39 is 5.60 Å². The fourth-order valence-electron chi connectivity index (χ4n) is 2.50. The Morgan fingerprint density at radius 1 is 1.35 bits per heavy atom. The van der Waals surface area contributed by atoms with Crippen LogP contribution in [0.25, 0.3) is 10.1 Å². The third-order valence-corrected chi connectivity index (χ3v) is 4.39. The van der Waals surface area contributed by atoms with Crippen LogP contribution in [0.2, 0.25) is 0 Å². The molecular weight excluding hydrogens is 232 g/mol. The minimum absolute atomic E-state index is 0.469. The summed E-state index contributed by atoms with van der Waals surface area (Å²) in [5.41, 5.74) is 0.584. The molecule has 2 heterocycles. The molecule has 0 spiro atoms. The van der Waals surface area contributed by atoms with E-state index in [2.05, 4.69) is 29.6 Å². The Labute approximate surface area is 105 Å². The second-order valence-electron chi connectivity index (χ2n) is 4.81. The molecule has 1 fully saturated rings. The van der Waals surface area contributed by atoms with Crippen LogP contribution in [0.3, 0.4) is 0 Å². The molecule has 17 heavy (non-hydrogen) atoms. The number of aliphatic hydroxyl groups is 1. The Morgan fingerprint density at radius 2 is 2.24 bits per heavy atom. The normalized spacial score (nSPS) is 25.2. The van der Waals surface area contributed by atoms with Crippen molar-refractivity contribution in [1.82, 2.24) is 0 Å². The molecule has 90 valence electrons. The van der Waals surface area contributed by atoms with Crippen molar-refractivity contribution in [1.29, 1.82) is 0 Å².